The van der Waals surface area contributed by atoms with Crippen molar-refractivity contribution in [2.75, 3.05) is 25.5 Å². The van der Waals surface area contributed by atoms with Crippen molar-refractivity contribution in [2.45, 2.75) is 31.0 Å². The molecule has 1 saturated heterocycles. The normalized spacial score (nSPS) is 22.9. The molecule has 3 atom stereocenters. The minimum atomic E-state index is -1.40. The molecule has 0 aromatic heterocycles. The fraction of sp³-hybridized carbons (Fsp3) is 0.296. The quantitative estimate of drug-likeness (QED) is 0.330. The SMILES string of the molecule is CCOc1cc([C@@H]2CN(C)[C@@]3(C(=O)Nc4ccccc43)[C@@H]2[N+](=O)[O-])cc(Br)c1OCc1ccccc1. The van der Waals surface area contributed by atoms with Crippen LogP contribution in [0.25, 0.3) is 0 Å². The van der Waals surface area contributed by atoms with Crippen molar-refractivity contribution in [3.63, 3.8) is 0 Å². The minimum Gasteiger partial charge on any atom is -0.490 e. The van der Waals surface area contributed by atoms with E-state index in [2.05, 4.69) is 21.2 Å². The van der Waals surface area contributed by atoms with Crippen molar-refractivity contribution in [1.29, 1.82) is 0 Å². The summed E-state index contributed by atoms with van der Waals surface area (Å²) in [5.74, 6) is 0.106. The number of ether oxygens (including phenoxy) is 2. The molecule has 3 aromatic rings. The smallest absolute Gasteiger partial charge is 0.256 e. The number of hydrogen-bond donors (Lipinski definition) is 1. The molecule has 186 valence electrons. The Hall–Kier alpha value is -3.43. The highest BCUT2D eigenvalue weighted by Gasteiger charge is 2.68. The molecule has 3 aromatic carbocycles. The van der Waals surface area contributed by atoms with E-state index in [1.54, 1.807) is 30.1 Å². The first kappa shape index (κ1) is 24.3. The predicted octanol–water partition coefficient (Wildman–Crippen LogP) is 4.95. The number of likely N-dealkylation sites (N-methyl/N-ethyl adjacent to an activating group) is 1. The maximum Gasteiger partial charge on any atom is 0.256 e. The Morgan fingerprint density at radius 2 is 1.86 bits per heavy atom. The van der Waals surface area contributed by atoms with Gasteiger partial charge in [0.15, 0.2) is 17.0 Å². The Labute approximate surface area is 217 Å². The van der Waals surface area contributed by atoms with Crippen LogP contribution in [0, 0.1) is 10.1 Å². The lowest BCUT2D eigenvalue weighted by Gasteiger charge is -2.30. The molecular weight excluding hydrogens is 526 g/mol. The largest absolute Gasteiger partial charge is 0.490 e. The number of halogens is 1. The summed E-state index contributed by atoms with van der Waals surface area (Å²) in [6.07, 6.45) is 0. The van der Waals surface area contributed by atoms with Gasteiger partial charge in [0.05, 0.1) is 17.0 Å². The molecule has 1 N–H and O–H groups in total. The standard InChI is InChI=1S/C27H26BrN3O5/c1-3-35-23-14-18(13-21(28)24(23)36-16-17-9-5-4-6-10-17)19-15-30(2)27(25(19)31(33)34)20-11-7-8-12-22(20)29-26(27)32/h4-14,19,25H,3,15-16H2,1-2H3,(H,29,32)/t19-,25+,27+/m0/s1. The second-order valence-electron chi connectivity index (χ2n) is 9.02. The number of nitrogens with zero attached hydrogens (tertiary/aromatic N) is 2. The van der Waals surface area contributed by atoms with Crippen LogP contribution in [0.5, 0.6) is 11.5 Å². The summed E-state index contributed by atoms with van der Waals surface area (Å²) in [5.41, 5.74) is 1.57. The Kier molecular flexibility index (Phi) is 6.44. The average Bonchev–Trinajstić information content (AvgIpc) is 3.34. The number of likely N-dealkylation sites (tertiary alicyclic amines) is 1. The summed E-state index contributed by atoms with van der Waals surface area (Å²) < 4.78 is 12.6. The van der Waals surface area contributed by atoms with Crippen LogP contribution in [-0.2, 0) is 16.9 Å². The lowest BCUT2D eigenvalue weighted by atomic mass is 9.79. The molecule has 0 saturated carbocycles. The predicted molar refractivity (Wildman–Crippen MR) is 139 cm³/mol. The molecule has 2 heterocycles. The third-order valence-corrected chi connectivity index (χ3v) is 7.62. The average molecular weight is 552 g/mol. The fourth-order valence-corrected chi connectivity index (χ4v) is 6.09. The van der Waals surface area contributed by atoms with Crippen LogP contribution in [0.1, 0.15) is 29.5 Å². The summed E-state index contributed by atoms with van der Waals surface area (Å²) >= 11 is 3.61. The minimum absolute atomic E-state index is 0.316. The first-order chi connectivity index (χ1) is 17.4. The number of benzene rings is 3. The lowest BCUT2D eigenvalue weighted by Crippen LogP contribution is -2.54. The summed E-state index contributed by atoms with van der Waals surface area (Å²) in [4.78, 5) is 27.4. The second-order valence-corrected chi connectivity index (χ2v) is 9.87. The van der Waals surface area contributed by atoms with Gasteiger partial charge in [-0.25, -0.2) is 0 Å². The van der Waals surface area contributed by atoms with E-state index in [4.69, 9.17) is 9.47 Å². The van der Waals surface area contributed by atoms with E-state index in [1.165, 1.54) is 0 Å². The molecule has 0 bridgehead atoms. The van der Waals surface area contributed by atoms with Crippen LogP contribution in [0.2, 0.25) is 0 Å². The maximum absolute atomic E-state index is 13.4. The van der Waals surface area contributed by atoms with E-state index in [9.17, 15) is 14.9 Å². The molecule has 0 unspecified atom stereocenters. The zero-order valence-corrected chi connectivity index (χ0v) is 21.5. The van der Waals surface area contributed by atoms with Gasteiger partial charge in [-0.2, -0.15) is 0 Å². The third-order valence-electron chi connectivity index (χ3n) is 7.03. The number of nitro groups is 1. The van der Waals surface area contributed by atoms with Gasteiger partial charge >= 0.3 is 0 Å². The Morgan fingerprint density at radius 1 is 1.14 bits per heavy atom. The van der Waals surface area contributed by atoms with Gasteiger partial charge in [-0.1, -0.05) is 48.5 Å². The van der Waals surface area contributed by atoms with Gasteiger partial charge in [0.1, 0.15) is 6.61 Å². The highest BCUT2D eigenvalue weighted by atomic mass is 79.9. The van der Waals surface area contributed by atoms with Crippen molar-refractivity contribution >= 4 is 27.5 Å². The van der Waals surface area contributed by atoms with E-state index in [1.807, 2.05) is 55.5 Å². The highest BCUT2D eigenvalue weighted by molar-refractivity contribution is 9.10. The molecule has 1 fully saturated rings. The zero-order valence-electron chi connectivity index (χ0n) is 19.9. The monoisotopic (exact) mass is 551 g/mol. The van der Waals surface area contributed by atoms with Gasteiger partial charge in [0.25, 0.3) is 11.9 Å². The molecule has 0 radical (unpaired) electrons. The molecular formula is C27H26BrN3O5. The van der Waals surface area contributed by atoms with Gasteiger partial charge in [0, 0.05) is 22.7 Å². The van der Waals surface area contributed by atoms with Gasteiger partial charge in [-0.3, -0.25) is 19.8 Å². The van der Waals surface area contributed by atoms with Gasteiger partial charge in [-0.15, -0.1) is 0 Å². The number of rotatable bonds is 7. The van der Waals surface area contributed by atoms with Gasteiger partial charge < -0.3 is 14.8 Å². The van der Waals surface area contributed by atoms with Crippen LogP contribution >= 0.6 is 15.9 Å². The van der Waals surface area contributed by atoms with E-state index >= 15 is 0 Å². The first-order valence-corrected chi connectivity index (χ1v) is 12.6. The van der Waals surface area contributed by atoms with E-state index in [0.717, 1.165) is 5.56 Å². The Balaban J connectivity index is 1.55. The van der Waals surface area contributed by atoms with Crippen LogP contribution in [0.3, 0.4) is 0 Å². The second kappa shape index (κ2) is 9.55. The number of hydrogen-bond acceptors (Lipinski definition) is 6. The maximum atomic E-state index is 13.4. The van der Waals surface area contributed by atoms with Crippen molar-refractivity contribution < 1.29 is 19.2 Å². The number of para-hydroxylation sites is 1. The molecule has 36 heavy (non-hydrogen) atoms. The number of amides is 1. The summed E-state index contributed by atoms with van der Waals surface area (Å²) in [7, 11) is 1.77. The molecule has 5 rings (SSSR count). The topological polar surface area (TPSA) is 93.9 Å². The van der Waals surface area contributed by atoms with Gasteiger partial charge in [0.2, 0.25) is 0 Å². The van der Waals surface area contributed by atoms with Crippen LogP contribution in [0.4, 0.5) is 5.69 Å². The van der Waals surface area contributed by atoms with Crippen LogP contribution < -0.4 is 14.8 Å². The Bertz CT molecular complexity index is 1320. The lowest BCUT2D eigenvalue weighted by molar-refractivity contribution is -0.534. The molecule has 2 aliphatic rings. The Morgan fingerprint density at radius 3 is 2.58 bits per heavy atom. The van der Waals surface area contributed by atoms with Crippen molar-refractivity contribution in [3.8, 4) is 11.5 Å². The highest BCUT2D eigenvalue weighted by Crippen LogP contribution is 2.53. The van der Waals surface area contributed by atoms with E-state index in [-0.39, 0.29) is 10.8 Å². The number of carbonyl (C=O) groups is 1. The molecule has 0 aliphatic carbocycles. The molecule has 8 nitrogen and oxygen atoms in total. The van der Waals surface area contributed by atoms with Crippen molar-refractivity contribution in [1.82, 2.24) is 4.90 Å². The van der Waals surface area contributed by atoms with E-state index in [0.29, 0.717) is 52.5 Å². The molecule has 1 spiro atoms. The molecule has 1 amide bonds. The van der Waals surface area contributed by atoms with Crippen LogP contribution in [0.15, 0.2) is 71.2 Å². The first-order valence-electron chi connectivity index (χ1n) is 11.8. The number of carbonyl (C=O) groups excluding carboxylic acids is 1. The molecule has 9 heteroatoms. The summed E-state index contributed by atoms with van der Waals surface area (Å²) in [6.45, 7) is 2.96. The fourth-order valence-electron chi connectivity index (χ4n) is 5.51. The van der Waals surface area contributed by atoms with E-state index < -0.39 is 17.5 Å². The zero-order chi connectivity index (χ0) is 25.4. The third kappa shape index (κ3) is 3.83. The number of nitrogens with one attached hydrogen (secondary N) is 1. The molecule has 2 aliphatic heterocycles. The number of anilines is 1. The van der Waals surface area contributed by atoms with Gasteiger partial charge in [-0.05, 0) is 59.2 Å². The van der Waals surface area contributed by atoms with Crippen molar-refractivity contribution in [3.05, 3.63) is 98.0 Å². The number of fused-ring (bicyclic) bond motifs is 2. The van der Waals surface area contributed by atoms with Crippen molar-refractivity contribution in [2.24, 2.45) is 0 Å². The van der Waals surface area contributed by atoms with Crippen LogP contribution in [-0.4, -0.2) is 42.0 Å². The summed E-state index contributed by atoms with van der Waals surface area (Å²) in [6, 6.07) is 19.4. The summed E-state index contributed by atoms with van der Waals surface area (Å²) in [5, 5.41) is 15.5.